The van der Waals surface area contributed by atoms with Gasteiger partial charge in [0.1, 0.15) is 0 Å². The largest absolute Gasteiger partial charge is 0.481 e. The number of H-pyrrole nitrogens is 2. The highest BCUT2D eigenvalue weighted by Gasteiger charge is 2.11. The van der Waals surface area contributed by atoms with Crippen LogP contribution in [0.5, 0.6) is 0 Å². The molecule has 34 heteroatoms. The molecule has 4 aromatic carbocycles. The van der Waals surface area contributed by atoms with Crippen molar-refractivity contribution in [3.05, 3.63) is 118 Å². The van der Waals surface area contributed by atoms with Crippen LogP contribution >= 0.6 is 24.1 Å². The van der Waals surface area contributed by atoms with E-state index in [0.717, 1.165) is 93.6 Å². The maximum absolute atomic E-state index is 12.1. The summed E-state index contributed by atoms with van der Waals surface area (Å²) in [5.41, 5.74) is 6.05. The molecule has 0 unspecified atom stereocenters. The van der Waals surface area contributed by atoms with Gasteiger partial charge in [-0.25, -0.2) is 74.3 Å². The van der Waals surface area contributed by atoms with Crippen molar-refractivity contribution in [1.29, 1.82) is 0 Å². The van der Waals surface area contributed by atoms with Crippen LogP contribution in [-0.4, -0.2) is 121 Å². The number of aromatic nitrogens is 6. The van der Waals surface area contributed by atoms with Crippen LogP contribution in [0.3, 0.4) is 0 Å². The zero-order chi connectivity index (χ0) is 58.0. The normalized spacial score (nSPS) is 10.4. The monoisotopic (exact) mass is 1160 g/mol. The number of benzene rings is 4. The van der Waals surface area contributed by atoms with Crippen LogP contribution in [0.25, 0.3) is 55.2 Å². The van der Waals surface area contributed by atoms with Gasteiger partial charge in [0.2, 0.25) is 30.1 Å². The minimum Gasteiger partial charge on any atom is -0.481 e. The minimum atomic E-state index is -3.67. The molecule has 0 saturated heterocycles. The highest BCUT2D eigenvalue weighted by atomic mass is 32.2. The van der Waals surface area contributed by atoms with Gasteiger partial charge in [0.05, 0.1) is 58.1 Å². The van der Waals surface area contributed by atoms with Gasteiger partial charge < -0.3 is 15.1 Å². The standard InChI is InChI=1S/2C14H9N3O.C2H4O2.2C2H6.4CH5NO2S.2CH4O3S/c2*18-14-16-10-6-2-1-5-9(10)13-15-11-7-3-4-8-12(11)17(13)14;1-2(3)4;2*1-2;3*1-5(2,3)4;1-5-4-3-2;1-5(2,3)4;1-5-4-3-2/h2*1-8H,(H,16,18);1H3,(H,3,4);2*1-2H3;3*1H3,(H2,2,3,4);2H2,1H3;1H3,(H,2,3,4);2H,1H3. The van der Waals surface area contributed by atoms with Gasteiger partial charge in [-0.3, -0.25) is 9.35 Å². The van der Waals surface area contributed by atoms with E-state index in [-0.39, 0.29) is 11.4 Å². The summed E-state index contributed by atoms with van der Waals surface area (Å²) in [5.74, 6) is 3.56. The van der Waals surface area contributed by atoms with E-state index in [0.29, 0.717) is 17.6 Å². The predicted octanol–water partition coefficient (Wildman–Crippen LogP) is 3.79. The first-order chi connectivity index (χ1) is 34.2. The third kappa shape index (κ3) is 34.7. The highest BCUT2D eigenvalue weighted by molar-refractivity contribution is 7.94. The average Bonchev–Trinajstić information content (AvgIpc) is 3.88. The molecule has 8 aromatic rings. The number of nitrogens with zero attached hydrogens (tertiary/aromatic N) is 4. The molecular formula is C40H62N10O18S6. The number of carboxylic acid groups (broad SMARTS) is 1. The third-order valence-electron chi connectivity index (χ3n) is 6.55. The summed E-state index contributed by atoms with van der Waals surface area (Å²) >= 11 is 1.98. The van der Waals surface area contributed by atoms with Gasteiger partial charge in [-0.2, -0.15) is 14.3 Å². The quantitative estimate of drug-likeness (QED) is 0.0524. The van der Waals surface area contributed by atoms with Crippen molar-refractivity contribution in [1.82, 2.24) is 28.7 Å². The summed E-state index contributed by atoms with van der Waals surface area (Å²) < 4.78 is 93.4. The Bertz CT molecular complexity index is 3180. The van der Waals surface area contributed by atoms with Crippen LogP contribution in [0.2, 0.25) is 0 Å². The fourth-order valence-electron chi connectivity index (χ4n) is 4.81. The Balaban J connectivity index is -0.000000830. The van der Waals surface area contributed by atoms with Gasteiger partial charge >= 0.3 is 11.4 Å². The molecule has 0 aliphatic carbocycles. The second kappa shape index (κ2) is 37.1. The lowest BCUT2D eigenvalue weighted by Gasteiger charge is -1.99. The lowest BCUT2D eigenvalue weighted by Crippen LogP contribution is -2.15. The summed E-state index contributed by atoms with van der Waals surface area (Å²) in [6.07, 6.45) is 6.85. The Labute approximate surface area is 435 Å². The van der Waals surface area contributed by atoms with E-state index in [1.165, 1.54) is 0 Å². The van der Waals surface area contributed by atoms with E-state index in [4.69, 9.17) is 19.7 Å². The predicted molar refractivity (Wildman–Crippen MR) is 290 cm³/mol. The molecule has 8 rings (SSSR count). The van der Waals surface area contributed by atoms with E-state index in [1.54, 1.807) is 21.3 Å². The summed E-state index contributed by atoms with van der Waals surface area (Å²) in [7, 11) is -13.2. The number of fused-ring (bicyclic) bond motifs is 10. The van der Waals surface area contributed by atoms with E-state index in [1.807, 2.05) is 125 Å². The van der Waals surface area contributed by atoms with Crippen molar-refractivity contribution in [2.75, 3.05) is 37.5 Å². The fourth-order valence-corrected chi connectivity index (χ4v) is 4.95. The number of carboxylic acids is 1. The van der Waals surface area contributed by atoms with Crippen LogP contribution in [0, 0.1) is 0 Å². The van der Waals surface area contributed by atoms with Crippen molar-refractivity contribution in [3.63, 3.8) is 0 Å². The van der Waals surface area contributed by atoms with Crippen molar-refractivity contribution in [2.24, 2.45) is 21.3 Å². The third-order valence-corrected chi connectivity index (χ3v) is 6.96. The van der Waals surface area contributed by atoms with Gasteiger partial charge in [-0.1, -0.05) is 81.3 Å². The van der Waals surface area contributed by atoms with Gasteiger partial charge in [-0.05, 0) is 48.5 Å². The first-order valence-corrected chi connectivity index (χ1v) is 30.2. The average molecular weight is 1160 g/mol. The molecule has 28 nitrogen and oxygen atoms in total. The topological polar surface area (TPSA) is 456 Å². The zero-order valence-electron chi connectivity index (χ0n) is 41.8. The second-order valence-corrected chi connectivity index (χ2v) is 20.2. The number of carbonyl (C=O) groups is 1. The highest BCUT2D eigenvalue weighted by Crippen LogP contribution is 2.21. The van der Waals surface area contributed by atoms with Crippen LogP contribution in [0.4, 0.5) is 0 Å². The number of aromatic amines is 2. The van der Waals surface area contributed by atoms with Crippen molar-refractivity contribution >= 4 is 125 Å². The fraction of sp³-hybridized carbons (Fsp3) is 0.275. The van der Waals surface area contributed by atoms with E-state index < -0.39 is 46.2 Å². The number of para-hydroxylation sites is 6. The van der Waals surface area contributed by atoms with Crippen LogP contribution in [-0.2, 0) is 63.7 Å². The van der Waals surface area contributed by atoms with Crippen LogP contribution in [0.1, 0.15) is 34.6 Å². The maximum Gasteiger partial charge on any atom is 0.332 e. The van der Waals surface area contributed by atoms with Gasteiger partial charge in [0.25, 0.3) is 16.1 Å². The van der Waals surface area contributed by atoms with Crippen LogP contribution in [0.15, 0.2) is 107 Å². The first kappa shape index (κ1) is 72.6. The Kier molecular flexibility index (Phi) is 36.4. The van der Waals surface area contributed by atoms with E-state index in [2.05, 4.69) is 59.9 Å². The number of rotatable bonds is 4. The molecule has 0 bridgehead atoms. The van der Waals surface area contributed by atoms with Gasteiger partial charge in [0.15, 0.2) is 11.3 Å². The molecule has 416 valence electrons. The lowest BCUT2D eigenvalue weighted by molar-refractivity contribution is -0.432. The molecule has 0 saturated carbocycles. The molecule has 0 fully saturated rings. The summed E-state index contributed by atoms with van der Waals surface area (Å²) in [6, 6.07) is 30.7. The van der Waals surface area contributed by atoms with Crippen molar-refractivity contribution in [2.45, 2.75) is 34.6 Å². The number of hydrogen-bond acceptors (Lipinski definition) is 21. The number of nitrogens with one attached hydrogen (secondary N) is 2. The number of nitrogens with two attached hydrogens (primary N) is 4. The molecule has 0 radical (unpaired) electrons. The second-order valence-electron chi connectivity index (χ2n) is 12.9. The Hall–Kier alpha value is -5.67. The molecule has 4 aromatic heterocycles. The van der Waals surface area contributed by atoms with Gasteiger partial charge in [0, 0.05) is 54.3 Å². The molecule has 0 spiro atoms. The zero-order valence-corrected chi connectivity index (χ0v) is 46.6. The molecule has 13 N–H and O–H groups in total. The molecule has 0 amide bonds. The Morgan fingerprint density at radius 2 is 0.838 bits per heavy atom. The summed E-state index contributed by atoms with van der Waals surface area (Å²) in [5, 5.41) is 32.8. The smallest absolute Gasteiger partial charge is 0.332 e. The van der Waals surface area contributed by atoms with Crippen molar-refractivity contribution in [3.8, 4) is 0 Å². The SMILES string of the molecule is CC.CC.CC(=O)O.CS(=O)(=O)O.CS(N)(=O)=O.CS(N)(=O)=O.CS(N)(=O)=O.CSOON.CSOOO.O=c1[nH]c2ccccc2c2nc3ccccc3n12.O=c1[nH]c2ccccc2c2nc3ccccc3n12. The van der Waals surface area contributed by atoms with E-state index >= 15 is 0 Å². The molecular weight excluding hydrogens is 1100 g/mol. The van der Waals surface area contributed by atoms with Crippen LogP contribution < -0.4 is 32.7 Å². The molecule has 0 atom stereocenters. The number of aliphatic carboxylic acids is 1. The Morgan fingerprint density at radius 1 is 0.581 bits per heavy atom. The summed E-state index contributed by atoms with van der Waals surface area (Å²) in [4.78, 5) is 51.8. The first-order valence-electron chi connectivity index (χ1n) is 20.1. The van der Waals surface area contributed by atoms with E-state index in [9.17, 15) is 43.3 Å². The Morgan fingerprint density at radius 3 is 1.07 bits per heavy atom. The van der Waals surface area contributed by atoms with Crippen molar-refractivity contribution < 1.29 is 72.1 Å². The minimum absolute atomic E-state index is 0.155. The molecule has 0 aliphatic rings. The lowest BCUT2D eigenvalue weighted by atomic mass is 10.2. The number of primary sulfonamides is 3. The molecule has 4 heterocycles. The van der Waals surface area contributed by atoms with Gasteiger partial charge in [-0.15, -0.1) is 13.7 Å². The maximum atomic E-state index is 12.1. The number of hydrogen-bond donors (Lipinski definition) is 9. The molecule has 0 aliphatic heterocycles. The molecule has 74 heavy (non-hydrogen) atoms. The number of sulfonamides is 3. The summed E-state index contributed by atoms with van der Waals surface area (Å²) in [6.45, 7) is 9.08. The number of imidazole rings is 2.